The number of ether oxygens (including phenoxy) is 4. The molecular formula is C38H35BrN2O6S. The molecule has 0 bridgehead atoms. The lowest BCUT2D eigenvalue weighted by atomic mass is 9.95. The first-order chi connectivity index (χ1) is 23.2. The lowest BCUT2D eigenvalue weighted by Crippen LogP contribution is -2.40. The highest BCUT2D eigenvalue weighted by Crippen LogP contribution is 2.37. The van der Waals surface area contributed by atoms with E-state index >= 15 is 0 Å². The third kappa shape index (κ3) is 6.68. The Balaban J connectivity index is 1.52. The molecule has 0 amide bonds. The normalized spacial score (nSPS) is 14.6. The number of hydrogen-bond acceptors (Lipinski definition) is 8. The summed E-state index contributed by atoms with van der Waals surface area (Å²) in [4.78, 5) is 33.1. The van der Waals surface area contributed by atoms with Crippen LogP contribution in [0.25, 0.3) is 16.8 Å². The molecule has 4 aromatic carbocycles. The van der Waals surface area contributed by atoms with E-state index in [1.54, 1.807) is 37.7 Å². The van der Waals surface area contributed by atoms with Gasteiger partial charge >= 0.3 is 5.97 Å². The Morgan fingerprint density at radius 1 is 1.02 bits per heavy atom. The fourth-order valence-electron chi connectivity index (χ4n) is 5.74. The van der Waals surface area contributed by atoms with Crippen molar-refractivity contribution < 1.29 is 23.7 Å². The van der Waals surface area contributed by atoms with Gasteiger partial charge in [-0.15, -0.1) is 0 Å². The van der Waals surface area contributed by atoms with Gasteiger partial charge in [-0.1, -0.05) is 75.8 Å². The van der Waals surface area contributed by atoms with Crippen LogP contribution < -0.4 is 29.1 Å². The summed E-state index contributed by atoms with van der Waals surface area (Å²) in [6, 6.07) is 24.5. The minimum absolute atomic E-state index is 0.0718. The van der Waals surface area contributed by atoms with Crippen LogP contribution in [0, 0.1) is 0 Å². The van der Waals surface area contributed by atoms with Crippen LogP contribution >= 0.6 is 27.3 Å². The highest BCUT2D eigenvalue weighted by molar-refractivity contribution is 9.10. The Kier molecular flexibility index (Phi) is 9.84. The molecule has 0 fully saturated rings. The summed E-state index contributed by atoms with van der Waals surface area (Å²) in [6.07, 6.45) is 1.79. The zero-order valence-corrected chi connectivity index (χ0v) is 29.7. The van der Waals surface area contributed by atoms with E-state index in [4.69, 9.17) is 23.9 Å². The summed E-state index contributed by atoms with van der Waals surface area (Å²) in [5.41, 5.74) is 2.95. The maximum Gasteiger partial charge on any atom is 0.338 e. The Bertz CT molecular complexity index is 2220. The van der Waals surface area contributed by atoms with Gasteiger partial charge in [0.05, 0.1) is 41.7 Å². The predicted octanol–water partition coefficient (Wildman–Crippen LogP) is 7.09. The quantitative estimate of drug-likeness (QED) is 0.143. The molecule has 0 aliphatic carbocycles. The molecule has 8 nitrogen and oxygen atoms in total. The van der Waals surface area contributed by atoms with Crippen molar-refractivity contribution >= 4 is 50.1 Å². The van der Waals surface area contributed by atoms with E-state index < -0.39 is 12.0 Å². The van der Waals surface area contributed by atoms with Crippen molar-refractivity contribution in [2.45, 2.75) is 46.4 Å². The summed E-state index contributed by atoms with van der Waals surface area (Å²) in [5.74, 6) is 1.17. The molecule has 5 aromatic rings. The van der Waals surface area contributed by atoms with E-state index in [2.05, 4.69) is 15.9 Å². The summed E-state index contributed by atoms with van der Waals surface area (Å²) in [7, 11) is 1.56. The molecule has 1 aromatic heterocycles. The van der Waals surface area contributed by atoms with E-state index in [1.807, 2.05) is 86.7 Å². The highest BCUT2D eigenvalue weighted by Gasteiger charge is 2.34. The van der Waals surface area contributed by atoms with Crippen LogP contribution in [-0.2, 0) is 16.1 Å². The van der Waals surface area contributed by atoms with Crippen molar-refractivity contribution in [3.8, 4) is 17.2 Å². The number of benzene rings is 4. The van der Waals surface area contributed by atoms with Gasteiger partial charge in [-0.2, -0.15) is 0 Å². The third-order valence-corrected chi connectivity index (χ3v) is 9.41. The molecule has 48 heavy (non-hydrogen) atoms. The fraction of sp³-hybridized carbons (Fsp3) is 0.237. The van der Waals surface area contributed by atoms with Gasteiger partial charge in [0.15, 0.2) is 16.3 Å². The van der Waals surface area contributed by atoms with Crippen molar-refractivity contribution in [1.29, 1.82) is 0 Å². The number of fused-ring (bicyclic) bond motifs is 2. The topological polar surface area (TPSA) is 88.4 Å². The Labute approximate surface area is 290 Å². The van der Waals surface area contributed by atoms with Gasteiger partial charge in [-0.05, 0) is 86.0 Å². The SMILES string of the molecule is CCOC(=O)C1=C(C)N=c2s/c(=C/c3c(OCc4ccc(Br)cc4)ccc4ccccc34)c(=O)n2[C@H]1c1ccc(OC(C)C)c(OC)c1. The second-order valence-electron chi connectivity index (χ2n) is 11.5. The number of nitrogens with zero attached hydrogens (tertiary/aromatic N) is 2. The molecule has 0 saturated heterocycles. The highest BCUT2D eigenvalue weighted by atomic mass is 79.9. The lowest BCUT2D eigenvalue weighted by molar-refractivity contribution is -0.139. The zero-order valence-electron chi connectivity index (χ0n) is 27.3. The molecule has 0 spiro atoms. The van der Waals surface area contributed by atoms with Crippen LogP contribution in [0.2, 0.25) is 0 Å². The molecule has 0 saturated carbocycles. The molecule has 2 heterocycles. The van der Waals surface area contributed by atoms with Crippen molar-refractivity contribution in [2.75, 3.05) is 13.7 Å². The van der Waals surface area contributed by atoms with Crippen molar-refractivity contribution in [3.63, 3.8) is 0 Å². The number of carbonyl (C=O) groups excluding carboxylic acids is 1. The van der Waals surface area contributed by atoms with Crippen LogP contribution in [0.15, 0.2) is 104 Å². The van der Waals surface area contributed by atoms with Crippen molar-refractivity contribution in [1.82, 2.24) is 4.57 Å². The van der Waals surface area contributed by atoms with Crippen molar-refractivity contribution in [3.05, 3.63) is 131 Å². The molecule has 10 heteroatoms. The first kappa shape index (κ1) is 33.2. The van der Waals surface area contributed by atoms with Crippen LogP contribution in [0.5, 0.6) is 17.2 Å². The van der Waals surface area contributed by atoms with E-state index in [9.17, 15) is 9.59 Å². The van der Waals surface area contributed by atoms with E-state index in [-0.39, 0.29) is 18.3 Å². The monoisotopic (exact) mass is 726 g/mol. The number of aromatic nitrogens is 1. The second kappa shape index (κ2) is 14.2. The molecule has 0 N–H and O–H groups in total. The summed E-state index contributed by atoms with van der Waals surface area (Å²) in [5, 5.41) is 1.96. The number of thiazole rings is 1. The number of allylic oxidation sites excluding steroid dienone is 1. The van der Waals surface area contributed by atoms with Gasteiger partial charge < -0.3 is 18.9 Å². The Hall–Kier alpha value is -4.67. The first-order valence-corrected chi connectivity index (χ1v) is 17.2. The minimum Gasteiger partial charge on any atom is -0.493 e. The summed E-state index contributed by atoms with van der Waals surface area (Å²) < 4.78 is 26.5. The Morgan fingerprint density at radius 2 is 1.77 bits per heavy atom. The molecule has 246 valence electrons. The van der Waals surface area contributed by atoms with E-state index in [1.165, 1.54) is 11.3 Å². The average Bonchev–Trinajstić information content (AvgIpc) is 3.38. The van der Waals surface area contributed by atoms with Crippen LogP contribution in [0.1, 0.15) is 50.4 Å². The van der Waals surface area contributed by atoms with Gasteiger partial charge in [0, 0.05) is 10.0 Å². The molecule has 1 aliphatic rings. The standard InChI is InChI=1S/C38H35BrN2O6S/c1-6-45-37(43)34-23(4)40-38-41(35(34)26-14-18-31(47-22(2)3)32(19-26)44-5)36(42)33(48-38)20-29-28-10-8-7-9-25(28)13-17-30(29)46-21-24-11-15-27(39)16-12-24/h7-20,22,35H,6,21H2,1-5H3/b33-20+/t35-/m0/s1. The maximum absolute atomic E-state index is 14.5. The van der Waals surface area contributed by atoms with Gasteiger partial charge in [0.1, 0.15) is 12.4 Å². The molecular weight excluding hydrogens is 692 g/mol. The van der Waals surface area contributed by atoms with Gasteiger partial charge in [-0.3, -0.25) is 9.36 Å². The zero-order chi connectivity index (χ0) is 33.9. The molecule has 1 aliphatic heterocycles. The summed E-state index contributed by atoms with van der Waals surface area (Å²) in [6.45, 7) is 7.92. The van der Waals surface area contributed by atoms with Crippen LogP contribution in [0.3, 0.4) is 0 Å². The number of rotatable bonds is 10. The van der Waals surface area contributed by atoms with Gasteiger partial charge in [0.25, 0.3) is 5.56 Å². The number of carbonyl (C=O) groups is 1. The number of esters is 1. The second-order valence-corrected chi connectivity index (χ2v) is 13.4. The predicted molar refractivity (Wildman–Crippen MR) is 192 cm³/mol. The van der Waals surface area contributed by atoms with Gasteiger partial charge in [0.2, 0.25) is 0 Å². The van der Waals surface area contributed by atoms with Crippen LogP contribution in [-0.4, -0.2) is 30.4 Å². The fourth-order valence-corrected chi connectivity index (χ4v) is 7.03. The Morgan fingerprint density at radius 3 is 2.50 bits per heavy atom. The molecule has 0 radical (unpaired) electrons. The largest absolute Gasteiger partial charge is 0.493 e. The van der Waals surface area contributed by atoms with Crippen LogP contribution in [0.4, 0.5) is 0 Å². The van der Waals surface area contributed by atoms with E-state index in [0.717, 1.165) is 26.4 Å². The molecule has 6 rings (SSSR count). The minimum atomic E-state index is -0.801. The third-order valence-electron chi connectivity index (χ3n) is 7.90. The smallest absolute Gasteiger partial charge is 0.338 e. The number of halogens is 1. The molecule has 0 unspecified atom stereocenters. The number of hydrogen-bond donors (Lipinski definition) is 0. The first-order valence-electron chi connectivity index (χ1n) is 15.6. The lowest BCUT2D eigenvalue weighted by Gasteiger charge is -2.25. The van der Waals surface area contributed by atoms with E-state index in [0.29, 0.717) is 50.0 Å². The van der Waals surface area contributed by atoms with Gasteiger partial charge in [-0.25, -0.2) is 9.79 Å². The maximum atomic E-state index is 14.5. The van der Waals surface area contributed by atoms with Crippen molar-refractivity contribution in [2.24, 2.45) is 4.99 Å². The molecule has 1 atom stereocenters. The number of methoxy groups -OCH3 is 1. The average molecular weight is 728 g/mol. The summed E-state index contributed by atoms with van der Waals surface area (Å²) >= 11 is 4.75.